The van der Waals surface area contributed by atoms with Crippen molar-refractivity contribution < 1.29 is 8.42 Å². The van der Waals surface area contributed by atoms with E-state index in [9.17, 15) is 8.42 Å². The molecule has 0 saturated carbocycles. The molecule has 1 rings (SSSR count). The molecule has 1 aromatic carbocycles. The number of rotatable bonds is 6. The summed E-state index contributed by atoms with van der Waals surface area (Å²) in [6.45, 7) is 8.29. The number of aliphatic imine (C=N–C) groups is 1. The summed E-state index contributed by atoms with van der Waals surface area (Å²) >= 11 is 0. The van der Waals surface area contributed by atoms with E-state index in [2.05, 4.69) is 34.7 Å². The van der Waals surface area contributed by atoms with Gasteiger partial charge in [0.25, 0.3) is 0 Å². The zero-order valence-corrected chi connectivity index (χ0v) is 15.6. The second-order valence-electron chi connectivity index (χ2n) is 6.41. The average molecular weight is 340 g/mol. The normalized spacial score (nSPS) is 13.0. The van der Waals surface area contributed by atoms with Crippen LogP contribution >= 0.6 is 0 Å². The second-order valence-corrected chi connectivity index (χ2v) is 9.27. The van der Waals surface area contributed by atoms with E-state index in [-0.39, 0.29) is 5.75 Å². The van der Waals surface area contributed by atoms with Gasteiger partial charge in [-0.05, 0) is 38.3 Å². The molecule has 0 unspecified atom stereocenters. The molecule has 0 aliphatic carbocycles. The van der Waals surface area contributed by atoms with Crippen LogP contribution in [0.1, 0.15) is 38.8 Å². The molecular formula is C17H29N3O2S. The fraction of sp³-hybridized carbons (Fsp3) is 0.588. The van der Waals surface area contributed by atoms with Crippen LogP contribution in [-0.2, 0) is 22.8 Å². The molecule has 0 aliphatic rings. The van der Waals surface area contributed by atoms with Crippen molar-refractivity contribution >= 4 is 15.8 Å². The van der Waals surface area contributed by atoms with E-state index in [1.165, 1.54) is 11.1 Å². The number of hydrogen-bond acceptors (Lipinski definition) is 3. The van der Waals surface area contributed by atoms with Crippen molar-refractivity contribution in [1.82, 2.24) is 10.6 Å². The van der Waals surface area contributed by atoms with Crippen LogP contribution in [0.15, 0.2) is 29.3 Å². The molecule has 2 N–H and O–H groups in total. The van der Waals surface area contributed by atoms with Gasteiger partial charge in [0, 0.05) is 20.1 Å². The Hall–Kier alpha value is -1.56. The fourth-order valence-electron chi connectivity index (χ4n) is 2.08. The number of aryl methyl sites for hydroxylation is 1. The Morgan fingerprint density at radius 3 is 2.26 bits per heavy atom. The van der Waals surface area contributed by atoms with Crippen LogP contribution < -0.4 is 10.6 Å². The molecular weight excluding hydrogens is 310 g/mol. The van der Waals surface area contributed by atoms with E-state index in [1.54, 1.807) is 27.8 Å². The monoisotopic (exact) mass is 339 g/mol. The van der Waals surface area contributed by atoms with Gasteiger partial charge in [0.2, 0.25) is 0 Å². The van der Waals surface area contributed by atoms with Crippen molar-refractivity contribution in [2.24, 2.45) is 4.99 Å². The molecule has 0 atom stereocenters. The van der Waals surface area contributed by atoms with E-state index in [0.29, 0.717) is 19.0 Å². The van der Waals surface area contributed by atoms with Gasteiger partial charge in [0.15, 0.2) is 15.8 Å². The third-order valence-corrected chi connectivity index (χ3v) is 6.37. The first-order chi connectivity index (χ1) is 10.7. The smallest absolute Gasteiger partial charge is 0.191 e. The highest BCUT2D eigenvalue weighted by atomic mass is 32.2. The predicted octanol–water partition coefficient (Wildman–Crippen LogP) is 2.13. The lowest BCUT2D eigenvalue weighted by Crippen LogP contribution is -2.41. The average Bonchev–Trinajstić information content (AvgIpc) is 2.49. The SMILES string of the molecule is CCc1ccccc1CNC(=NC)NCCS(=O)(=O)C(C)(C)C. The van der Waals surface area contributed by atoms with E-state index in [4.69, 9.17) is 0 Å². The summed E-state index contributed by atoms with van der Waals surface area (Å²) in [5.74, 6) is 0.697. The molecule has 130 valence electrons. The number of sulfone groups is 1. The lowest BCUT2D eigenvalue weighted by atomic mass is 10.1. The Kier molecular flexibility index (Phi) is 7.06. The van der Waals surface area contributed by atoms with Crippen molar-refractivity contribution in [3.05, 3.63) is 35.4 Å². The molecule has 6 heteroatoms. The van der Waals surface area contributed by atoms with Gasteiger partial charge < -0.3 is 10.6 Å². The summed E-state index contributed by atoms with van der Waals surface area (Å²) in [6, 6.07) is 8.25. The highest BCUT2D eigenvalue weighted by Gasteiger charge is 2.28. The van der Waals surface area contributed by atoms with Crippen molar-refractivity contribution in [1.29, 1.82) is 0 Å². The Morgan fingerprint density at radius 2 is 1.74 bits per heavy atom. The molecule has 1 aromatic rings. The van der Waals surface area contributed by atoms with Crippen LogP contribution in [0.3, 0.4) is 0 Å². The summed E-state index contributed by atoms with van der Waals surface area (Å²) in [7, 11) is -1.44. The van der Waals surface area contributed by atoms with Gasteiger partial charge in [0.05, 0.1) is 10.5 Å². The second kappa shape index (κ2) is 8.34. The summed E-state index contributed by atoms with van der Waals surface area (Å²) in [4.78, 5) is 4.14. The molecule has 0 fully saturated rings. The van der Waals surface area contributed by atoms with Crippen LogP contribution in [0.2, 0.25) is 0 Å². The maximum Gasteiger partial charge on any atom is 0.191 e. The van der Waals surface area contributed by atoms with Gasteiger partial charge in [-0.2, -0.15) is 0 Å². The largest absolute Gasteiger partial charge is 0.355 e. The van der Waals surface area contributed by atoms with Crippen LogP contribution in [0.25, 0.3) is 0 Å². The molecule has 5 nitrogen and oxygen atoms in total. The Morgan fingerprint density at radius 1 is 1.13 bits per heavy atom. The van der Waals surface area contributed by atoms with Gasteiger partial charge >= 0.3 is 0 Å². The zero-order chi connectivity index (χ0) is 17.5. The Balaban J connectivity index is 2.53. The minimum atomic E-state index is -3.12. The van der Waals surface area contributed by atoms with Gasteiger partial charge in [-0.15, -0.1) is 0 Å². The number of benzene rings is 1. The lowest BCUT2D eigenvalue weighted by Gasteiger charge is -2.20. The first kappa shape index (κ1) is 19.5. The van der Waals surface area contributed by atoms with Crippen molar-refractivity contribution in [3.8, 4) is 0 Å². The summed E-state index contributed by atoms with van der Waals surface area (Å²) < 4.78 is 23.4. The van der Waals surface area contributed by atoms with E-state index < -0.39 is 14.6 Å². The first-order valence-electron chi connectivity index (χ1n) is 7.95. The number of nitrogens with one attached hydrogen (secondary N) is 2. The van der Waals surface area contributed by atoms with E-state index in [0.717, 1.165) is 6.42 Å². The highest BCUT2D eigenvalue weighted by Crippen LogP contribution is 2.15. The standard InChI is InChI=1S/C17H29N3O2S/c1-6-14-9-7-8-10-15(14)13-20-16(18-5)19-11-12-23(21,22)17(2,3)4/h7-10H,6,11-13H2,1-5H3,(H2,18,19,20). The molecule has 23 heavy (non-hydrogen) atoms. The topological polar surface area (TPSA) is 70.6 Å². The van der Waals surface area contributed by atoms with Crippen molar-refractivity contribution in [2.75, 3.05) is 19.3 Å². The summed E-state index contributed by atoms with van der Waals surface area (Å²) in [5, 5.41) is 6.29. The van der Waals surface area contributed by atoms with Crippen LogP contribution in [-0.4, -0.2) is 38.5 Å². The van der Waals surface area contributed by atoms with E-state index >= 15 is 0 Å². The summed E-state index contributed by atoms with van der Waals surface area (Å²) in [6.07, 6.45) is 0.980. The van der Waals surface area contributed by atoms with Gasteiger partial charge in [-0.1, -0.05) is 31.2 Å². The highest BCUT2D eigenvalue weighted by molar-refractivity contribution is 7.92. The number of hydrogen-bond donors (Lipinski definition) is 2. The molecule has 0 aromatic heterocycles. The van der Waals surface area contributed by atoms with Crippen LogP contribution in [0.5, 0.6) is 0 Å². The minimum absolute atomic E-state index is 0.0861. The molecule has 0 spiro atoms. The van der Waals surface area contributed by atoms with Crippen molar-refractivity contribution in [3.63, 3.8) is 0 Å². The first-order valence-corrected chi connectivity index (χ1v) is 9.60. The maximum absolute atomic E-state index is 12.1. The van der Waals surface area contributed by atoms with E-state index in [1.807, 2.05) is 12.1 Å². The third-order valence-electron chi connectivity index (χ3n) is 3.77. The molecule has 0 saturated heterocycles. The molecule has 0 heterocycles. The van der Waals surface area contributed by atoms with Crippen LogP contribution in [0, 0.1) is 0 Å². The molecule has 0 radical (unpaired) electrons. The number of guanidine groups is 1. The predicted molar refractivity (Wildman–Crippen MR) is 97.6 cm³/mol. The van der Waals surface area contributed by atoms with Gasteiger partial charge in [-0.3, -0.25) is 4.99 Å². The number of nitrogens with zero attached hydrogens (tertiary/aromatic N) is 1. The fourth-order valence-corrected chi connectivity index (χ4v) is 3.07. The molecule has 0 aliphatic heterocycles. The van der Waals surface area contributed by atoms with Gasteiger partial charge in [-0.25, -0.2) is 8.42 Å². The Labute approximate surface area is 140 Å². The summed E-state index contributed by atoms with van der Waals surface area (Å²) in [5.41, 5.74) is 2.52. The Bertz CT molecular complexity index is 631. The lowest BCUT2D eigenvalue weighted by molar-refractivity contribution is 0.559. The zero-order valence-electron chi connectivity index (χ0n) is 14.8. The molecule has 0 bridgehead atoms. The van der Waals surface area contributed by atoms with Crippen LogP contribution in [0.4, 0.5) is 0 Å². The van der Waals surface area contributed by atoms with Crippen molar-refractivity contribution in [2.45, 2.75) is 45.4 Å². The third kappa shape index (κ3) is 5.86. The maximum atomic E-state index is 12.1. The van der Waals surface area contributed by atoms with Gasteiger partial charge in [0.1, 0.15) is 0 Å². The molecule has 0 amide bonds. The quantitative estimate of drug-likeness (QED) is 0.615. The minimum Gasteiger partial charge on any atom is -0.355 e.